The number of hydrogen-bond donors (Lipinski definition) is 1. The van der Waals surface area contributed by atoms with E-state index in [9.17, 15) is 4.79 Å². The van der Waals surface area contributed by atoms with Crippen LogP contribution in [-0.2, 0) is 9.53 Å². The Morgan fingerprint density at radius 2 is 2.00 bits per heavy atom. The van der Waals surface area contributed by atoms with Crippen molar-refractivity contribution >= 4 is 5.91 Å². The summed E-state index contributed by atoms with van der Waals surface area (Å²) in [6, 6.07) is 13.2. The van der Waals surface area contributed by atoms with Gasteiger partial charge in [-0.1, -0.05) is 24.3 Å². The Labute approximate surface area is 142 Å². The van der Waals surface area contributed by atoms with Gasteiger partial charge in [0, 0.05) is 25.6 Å². The summed E-state index contributed by atoms with van der Waals surface area (Å²) in [7, 11) is 0. The third-order valence-electron chi connectivity index (χ3n) is 4.21. The summed E-state index contributed by atoms with van der Waals surface area (Å²) >= 11 is 0. The van der Waals surface area contributed by atoms with Crippen molar-refractivity contribution in [2.24, 2.45) is 5.92 Å². The molecule has 0 saturated carbocycles. The van der Waals surface area contributed by atoms with E-state index < -0.39 is 0 Å². The zero-order chi connectivity index (χ0) is 16.6. The fourth-order valence-electron chi connectivity index (χ4n) is 2.96. The van der Waals surface area contributed by atoms with Gasteiger partial charge in [-0.2, -0.15) is 0 Å². The van der Waals surface area contributed by atoms with Crippen molar-refractivity contribution in [3.63, 3.8) is 0 Å². The van der Waals surface area contributed by atoms with Crippen LogP contribution in [0.1, 0.15) is 24.4 Å². The van der Waals surface area contributed by atoms with E-state index in [2.05, 4.69) is 10.3 Å². The summed E-state index contributed by atoms with van der Waals surface area (Å²) in [5.41, 5.74) is 1.03. The Kier molecular flexibility index (Phi) is 5.80. The molecule has 126 valence electrons. The summed E-state index contributed by atoms with van der Waals surface area (Å²) in [5.74, 6) is 0.916. The van der Waals surface area contributed by atoms with Crippen molar-refractivity contribution in [3.8, 4) is 5.75 Å². The van der Waals surface area contributed by atoms with E-state index >= 15 is 0 Å². The van der Waals surface area contributed by atoms with E-state index in [0.29, 0.717) is 11.7 Å². The highest BCUT2D eigenvalue weighted by Gasteiger charge is 2.27. The van der Waals surface area contributed by atoms with Crippen molar-refractivity contribution in [3.05, 3.63) is 60.4 Å². The predicted molar refractivity (Wildman–Crippen MR) is 90.6 cm³/mol. The fourth-order valence-corrected chi connectivity index (χ4v) is 2.96. The number of rotatable bonds is 6. The molecule has 0 radical (unpaired) electrons. The van der Waals surface area contributed by atoms with Gasteiger partial charge in [0.2, 0.25) is 0 Å². The highest BCUT2D eigenvalue weighted by atomic mass is 16.5. The molecule has 5 heteroatoms. The average molecular weight is 326 g/mol. The molecular weight excluding hydrogens is 304 g/mol. The zero-order valence-corrected chi connectivity index (χ0v) is 13.6. The molecule has 0 spiro atoms. The third-order valence-corrected chi connectivity index (χ3v) is 4.21. The number of carbonyl (C=O) groups excluding carboxylic acids is 1. The first kappa shape index (κ1) is 16.5. The number of pyridine rings is 1. The van der Waals surface area contributed by atoms with E-state index in [1.54, 1.807) is 6.20 Å². The van der Waals surface area contributed by atoms with Gasteiger partial charge < -0.3 is 14.8 Å². The van der Waals surface area contributed by atoms with Crippen molar-refractivity contribution in [1.29, 1.82) is 0 Å². The van der Waals surface area contributed by atoms with Crippen LogP contribution in [0.2, 0.25) is 0 Å². The maximum Gasteiger partial charge on any atom is 0.258 e. The molecule has 3 rings (SSSR count). The minimum Gasteiger partial charge on any atom is -0.484 e. The van der Waals surface area contributed by atoms with Crippen molar-refractivity contribution in [2.75, 3.05) is 19.8 Å². The molecule has 2 heterocycles. The molecule has 1 fully saturated rings. The van der Waals surface area contributed by atoms with Gasteiger partial charge in [-0.3, -0.25) is 9.78 Å². The number of nitrogens with zero attached hydrogens (tertiary/aromatic N) is 1. The second-order valence-electron chi connectivity index (χ2n) is 5.88. The van der Waals surface area contributed by atoms with Crippen molar-refractivity contribution < 1.29 is 14.3 Å². The Balaban J connectivity index is 1.63. The number of carbonyl (C=O) groups is 1. The van der Waals surface area contributed by atoms with Crippen LogP contribution in [-0.4, -0.2) is 30.7 Å². The van der Waals surface area contributed by atoms with E-state index in [4.69, 9.17) is 9.47 Å². The van der Waals surface area contributed by atoms with Crippen LogP contribution in [0.4, 0.5) is 0 Å². The van der Waals surface area contributed by atoms with Crippen molar-refractivity contribution in [1.82, 2.24) is 10.3 Å². The molecule has 1 saturated heterocycles. The van der Waals surface area contributed by atoms with Gasteiger partial charge in [0.1, 0.15) is 5.75 Å². The summed E-state index contributed by atoms with van der Waals surface area (Å²) in [4.78, 5) is 16.5. The van der Waals surface area contributed by atoms with Crippen LogP contribution in [0.25, 0.3) is 0 Å². The maximum atomic E-state index is 12.4. The summed E-state index contributed by atoms with van der Waals surface area (Å²) in [6.45, 7) is 1.47. The van der Waals surface area contributed by atoms with Crippen LogP contribution in [0, 0.1) is 5.92 Å². The molecule has 1 aliphatic rings. The van der Waals surface area contributed by atoms with E-state index in [-0.39, 0.29) is 18.6 Å². The van der Waals surface area contributed by atoms with Gasteiger partial charge in [0.25, 0.3) is 5.91 Å². The third kappa shape index (κ3) is 4.55. The second-order valence-corrected chi connectivity index (χ2v) is 5.88. The van der Waals surface area contributed by atoms with Crippen molar-refractivity contribution in [2.45, 2.75) is 18.9 Å². The van der Waals surface area contributed by atoms with Crippen LogP contribution in [0.3, 0.4) is 0 Å². The normalized spacial score (nSPS) is 16.3. The number of amides is 1. The lowest BCUT2D eigenvalue weighted by atomic mass is 9.87. The number of benzene rings is 1. The quantitative estimate of drug-likeness (QED) is 0.887. The van der Waals surface area contributed by atoms with E-state index in [1.165, 1.54) is 0 Å². The topological polar surface area (TPSA) is 60.5 Å². The minimum atomic E-state index is -0.126. The lowest BCUT2D eigenvalue weighted by Crippen LogP contribution is -2.38. The number of nitrogens with one attached hydrogen (secondary N) is 1. The molecule has 1 N–H and O–H groups in total. The second kappa shape index (κ2) is 8.45. The maximum absolute atomic E-state index is 12.4. The lowest BCUT2D eigenvalue weighted by Gasteiger charge is -2.31. The van der Waals surface area contributed by atoms with Gasteiger partial charge in [0.15, 0.2) is 6.61 Å². The van der Waals surface area contributed by atoms with Gasteiger partial charge >= 0.3 is 0 Å². The van der Waals surface area contributed by atoms with E-state index in [0.717, 1.165) is 31.6 Å². The van der Waals surface area contributed by atoms with Gasteiger partial charge in [-0.15, -0.1) is 0 Å². The Hall–Kier alpha value is -2.40. The lowest BCUT2D eigenvalue weighted by molar-refractivity contribution is -0.124. The number of aromatic nitrogens is 1. The molecular formula is C19H22N2O3. The summed E-state index contributed by atoms with van der Waals surface area (Å²) < 4.78 is 11.0. The fraction of sp³-hybridized carbons (Fsp3) is 0.368. The largest absolute Gasteiger partial charge is 0.484 e. The van der Waals surface area contributed by atoms with Gasteiger partial charge in [-0.25, -0.2) is 0 Å². The average Bonchev–Trinajstić information content (AvgIpc) is 2.67. The predicted octanol–water partition coefficient (Wildman–Crippen LogP) is 2.74. The van der Waals surface area contributed by atoms with Gasteiger partial charge in [-0.05, 0) is 42.5 Å². The summed E-state index contributed by atoms with van der Waals surface area (Å²) in [5, 5.41) is 3.11. The smallest absolute Gasteiger partial charge is 0.258 e. The van der Waals surface area contributed by atoms with Crippen LogP contribution in [0.15, 0.2) is 54.9 Å². The van der Waals surface area contributed by atoms with Gasteiger partial charge in [0.05, 0.1) is 6.04 Å². The Morgan fingerprint density at radius 1 is 1.21 bits per heavy atom. The first-order chi connectivity index (χ1) is 11.8. The van der Waals surface area contributed by atoms with Crippen LogP contribution >= 0.6 is 0 Å². The van der Waals surface area contributed by atoms with Crippen LogP contribution in [0.5, 0.6) is 5.75 Å². The van der Waals surface area contributed by atoms with Crippen LogP contribution < -0.4 is 10.1 Å². The molecule has 1 unspecified atom stereocenters. The molecule has 0 aliphatic carbocycles. The highest BCUT2D eigenvalue weighted by molar-refractivity contribution is 5.78. The molecule has 24 heavy (non-hydrogen) atoms. The number of ether oxygens (including phenoxy) is 2. The molecule has 5 nitrogen and oxygen atoms in total. The summed E-state index contributed by atoms with van der Waals surface area (Å²) in [6.07, 6.45) is 5.42. The first-order valence-corrected chi connectivity index (χ1v) is 8.28. The molecule has 2 aromatic rings. The standard InChI is InChI=1S/C19H22N2O3/c22-18(14-24-17-6-2-1-3-7-17)21-19(15-8-11-23-12-9-15)16-5-4-10-20-13-16/h1-7,10,13,15,19H,8-9,11-12,14H2,(H,21,22). The Morgan fingerprint density at radius 3 is 2.71 bits per heavy atom. The Bertz CT molecular complexity index is 628. The highest BCUT2D eigenvalue weighted by Crippen LogP contribution is 2.29. The zero-order valence-electron chi connectivity index (χ0n) is 13.6. The van der Waals surface area contributed by atoms with E-state index in [1.807, 2.05) is 48.7 Å². The SMILES string of the molecule is O=C(COc1ccccc1)NC(c1cccnc1)C1CCOCC1. The number of hydrogen-bond acceptors (Lipinski definition) is 4. The minimum absolute atomic E-state index is 0.00396. The molecule has 1 atom stereocenters. The number of para-hydroxylation sites is 1. The molecule has 1 aromatic heterocycles. The molecule has 1 aromatic carbocycles. The molecule has 1 aliphatic heterocycles. The molecule has 0 bridgehead atoms. The molecule has 1 amide bonds. The first-order valence-electron chi connectivity index (χ1n) is 8.28. The monoisotopic (exact) mass is 326 g/mol.